The lowest BCUT2D eigenvalue weighted by atomic mass is 10.2. The van der Waals surface area contributed by atoms with Crippen molar-refractivity contribution in [3.8, 4) is 11.8 Å². The molecule has 0 unspecified atom stereocenters. The monoisotopic (exact) mass is 222 g/mol. The molecule has 1 aromatic heterocycles. The second kappa shape index (κ2) is 4.49. The number of methoxy groups -OCH3 is 1. The van der Waals surface area contributed by atoms with E-state index >= 15 is 0 Å². The summed E-state index contributed by atoms with van der Waals surface area (Å²) in [7, 11) is 2.70. The predicted molar refractivity (Wildman–Crippen MR) is 53.8 cm³/mol. The number of carbonyl (C=O) groups excluding carboxylic acids is 1. The molecule has 0 saturated carbocycles. The van der Waals surface area contributed by atoms with Gasteiger partial charge in [0.05, 0.1) is 18.4 Å². The zero-order valence-corrected chi connectivity index (χ0v) is 9.07. The van der Waals surface area contributed by atoms with E-state index in [4.69, 9.17) is 5.11 Å². The van der Waals surface area contributed by atoms with Gasteiger partial charge in [0, 0.05) is 13.0 Å². The third-order valence-electron chi connectivity index (χ3n) is 1.90. The highest BCUT2D eigenvalue weighted by Crippen LogP contribution is 2.11. The first-order valence-electron chi connectivity index (χ1n) is 4.34. The molecule has 1 heterocycles. The van der Waals surface area contributed by atoms with E-state index in [0.717, 1.165) is 0 Å². The molecule has 84 valence electrons. The minimum absolute atomic E-state index is 0.0473. The number of aromatic nitrogens is 2. The molecule has 0 aliphatic rings. The smallest absolute Gasteiger partial charge is 0.384 e. The zero-order chi connectivity index (χ0) is 12.3. The van der Waals surface area contributed by atoms with Crippen LogP contribution in [0.15, 0.2) is 0 Å². The molecule has 0 aromatic carbocycles. The quantitative estimate of drug-likeness (QED) is 0.532. The number of carbonyl (C=O) groups is 2. The normalized spacial score (nSPS) is 9.19. The summed E-state index contributed by atoms with van der Waals surface area (Å²) in [6, 6.07) is 0. The van der Waals surface area contributed by atoms with Crippen molar-refractivity contribution in [2.24, 2.45) is 7.05 Å². The highest BCUT2D eigenvalue weighted by atomic mass is 16.5. The van der Waals surface area contributed by atoms with Crippen LogP contribution < -0.4 is 0 Å². The van der Waals surface area contributed by atoms with Gasteiger partial charge < -0.3 is 9.84 Å². The third-order valence-corrected chi connectivity index (χ3v) is 1.90. The molecule has 0 bridgehead atoms. The van der Waals surface area contributed by atoms with Crippen molar-refractivity contribution in [2.75, 3.05) is 7.11 Å². The van der Waals surface area contributed by atoms with E-state index in [9.17, 15) is 9.59 Å². The van der Waals surface area contributed by atoms with Gasteiger partial charge in [-0.1, -0.05) is 5.92 Å². The van der Waals surface area contributed by atoms with E-state index < -0.39 is 11.9 Å². The summed E-state index contributed by atoms with van der Waals surface area (Å²) >= 11 is 0. The van der Waals surface area contributed by atoms with Gasteiger partial charge in [0.25, 0.3) is 0 Å². The van der Waals surface area contributed by atoms with Crippen molar-refractivity contribution in [3.63, 3.8) is 0 Å². The molecule has 0 radical (unpaired) electrons. The van der Waals surface area contributed by atoms with E-state index in [0.29, 0.717) is 5.69 Å². The maximum atomic E-state index is 10.9. The van der Waals surface area contributed by atoms with Crippen LogP contribution >= 0.6 is 0 Å². The average molecular weight is 222 g/mol. The lowest BCUT2D eigenvalue weighted by molar-refractivity contribution is -0.133. The van der Waals surface area contributed by atoms with Gasteiger partial charge in [-0.05, 0) is 6.92 Å². The molecule has 0 amide bonds. The first-order valence-corrected chi connectivity index (χ1v) is 4.34. The van der Waals surface area contributed by atoms with Crippen molar-refractivity contribution in [2.45, 2.75) is 6.92 Å². The largest absolute Gasteiger partial charge is 0.476 e. The van der Waals surface area contributed by atoms with Crippen molar-refractivity contribution in [1.29, 1.82) is 0 Å². The molecule has 0 atom stereocenters. The molecule has 0 spiro atoms. The van der Waals surface area contributed by atoms with Crippen LogP contribution in [0.3, 0.4) is 0 Å². The Labute approximate surface area is 91.8 Å². The average Bonchev–Trinajstić information content (AvgIpc) is 2.49. The molecular formula is C10H10N2O4. The summed E-state index contributed by atoms with van der Waals surface area (Å²) in [5.74, 6) is 2.75. The number of hydrogen-bond acceptors (Lipinski definition) is 4. The molecule has 6 heteroatoms. The first kappa shape index (κ1) is 11.8. The van der Waals surface area contributed by atoms with Gasteiger partial charge in [-0.25, -0.2) is 9.59 Å². The highest BCUT2D eigenvalue weighted by Gasteiger charge is 2.17. The van der Waals surface area contributed by atoms with Crippen LogP contribution in [0.5, 0.6) is 0 Å². The number of esters is 1. The number of ether oxygens (including phenoxy) is 1. The second-order valence-corrected chi connectivity index (χ2v) is 2.98. The first-order chi connectivity index (χ1) is 7.47. The molecule has 1 N–H and O–H groups in total. The van der Waals surface area contributed by atoms with Crippen molar-refractivity contribution in [3.05, 3.63) is 17.0 Å². The van der Waals surface area contributed by atoms with Crippen molar-refractivity contribution < 1.29 is 19.4 Å². The van der Waals surface area contributed by atoms with Crippen LogP contribution in [0.2, 0.25) is 0 Å². The van der Waals surface area contributed by atoms with Crippen molar-refractivity contribution >= 4 is 11.9 Å². The number of aryl methyl sites for hydroxylation is 2. The summed E-state index contributed by atoms with van der Waals surface area (Å²) in [5, 5.41) is 12.9. The van der Waals surface area contributed by atoms with E-state index in [1.54, 1.807) is 6.92 Å². The summed E-state index contributed by atoms with van der Waals surface area (Å²) in [4.78, 5) is 21.7. The Morgan fingerprint density at radius 3 is 2.62 bits per heavy atom. The summed E-state index contributed by atoms with van der Waals surface area (Å²) in [6.07, 6.45) is 0. The number of aromatic carboxylic acids is 1. The standard InChI is InChI=1S/C10H10N2O4/c1-6-7(4-5-8(13)16-3)9(10(14)15)12(2)11-6/h1-3H3,(H,14,15). The Balaban J connectivity index is 3.26. The van der Waals surface area contributed by atoms with Crippen LogP contribution in [0.1, 0.15) is 21.7 Å². The maximum Gasteiger partial charge on any atom is 0.384 e. The van der Waals surface area contributed by atoms with Gasteiger partial charge in [-0.2, -0.15) is 5.10 Å². The predicted octanol–water partition coefficient (Wildman–Crippen LogP) is -0.0488. The lowest BCUT2D eigenvalue weighted by Gasteiger charge is -1.94. The Morgan fingerprint density at radius 1 is 1.50 bits per heavy atom. The molecular weight excluding hydrogens is 212 g/mol. The fraction of sp³-hybridized carbons (Fsp3) is 0.300. The van der Waals surface area contributed by atoms with Gasteiger partial charge in [-0.3, -0.25) is 4.68 Å². The van der Waals surface area contributed by atoms with Crippen LogP contribution in [0, 0.1) is 18.8 Å². The van der Waals surface area contributed by atoms with E-state index in [1.165, 1.54) is 18.8 Å². The summed E-state index contributed by atoms with van der Waals surface area (Å²) in [5.41, 5.74) is 0.630. The molecule has 0 fully saturated rings. The molecule has 16 heavy (non-hydrogen) atoms. The fourth-order valence-electron chi connectivity index (χ4n) is 1.22. The molecule has 6 nitrogen and oxygen atoms in total. The fourth-order valence-corrected chi connectivity index (χ4v) is 1.22. The van der Waals surface area contributed by atoms with Crippen LogP contribution in [0.25, 0.3) is 0 Å². The van der Waals surface area contributed by atoms with Gasteiger partial charge >= 0.3 is 11.9 Å². The summed E-state index contributed by atoms with van der Waals surface area (Å²) < 4.78 is 5.54. The van der Waals surface area contributed by atoms with Gasteiger partial charge in [-0.15, -0.1) is 0 Å². The zero-order valence-electron chi connectivity index (χ0n) is 9.07. The van der Waals surface area contributed by atoms with Crippen molar-refractivity contribution in [1.82, 2.24) is 9.78 Å². The highest BCUT2D eigenvalue weighted by molar-refractivity contribution is 5.92. The Morgan fingerprint density at radius 2 is 2.12 bits per heavy atom. The third kappa shape index (κ3) is 2.20. The van der Waals surface area contributed by atoms with Gasteiger partial charge in [0.1, 0.15) is 0 Å². The van der Waals surface area contributed by atoms with Crippen LogP contribution in [-0.2, 0) is 16.6 Å². The SMILES string of the molecule is COC(=O)C#Cc1c(C)nn(C)c1C(=O)O. The van der Waals surface area contributed by atoms with Crippen LogP contribution in [-0.4, -0.2) is 33.9 Å². The van der Waals surface area contributed by atoms with Gasteiger partial charge in [0.2, 0.25) is 0 Å². The lowest BCUT2D eigenvalue weighted by Crippen LogP contribution is -2.07. The molecule has 1 aromatic rings. The number of hydrogen-bond donors (Lipinski definition) is 1. The summed E-state index contributed by atoms with van der Waals surface area (Å²) in [6.45, 7) is 1.62. The molecule has 0 saturated heterocycles. The number of carboxylic acid groups (broad SMARTS) is 1. The Kier molecular flexibility index (Phi) is 3.30. The molecule has 0 aliphatic carbocycles. The van der Waals surface area contributed by atoms with E-state index in [1.807, 2.05) is 0 Å². The molecule has 0 aliphatic heterocycles. The minimum atomic E-state index is -1.14. The Hall–Kier alpha value is -2.29. The Bertz CT molecular complexity index is 505. The maximum absolute atomic E-state index is 10.9. The minimum Gasteiger partial charge on any atom is -0.476 e. The number of nitrogens with zero attached hydrogens (tertiary/aromatic N) is 2. The number of rotatable bonds is 1. The molecule has 1 rings (SSSR count). The van der Waals surface area contributed by atoms with Gasteiger partial charge in [0.15, 0.2) is 5.69 Å². The van der Waals surface area contributed by atoms with Crippen LogP contribution in [0.4, 0.5) is 0 Å². The second-order valence-electron chi connectivity index (χ2n) is 2.98. The number of carboxylic acids is 1. The topological polar surface area (TPSA) is 81.4 Å². The van der Waals surface area contributed by atoms with E-state index in [2.05, 4.69) is 21.7 Å². The van der Waals surface area contributed by atoms with E-state index in [-0.39, 0.29) is 11.3 Å².